The van der Waals surface area contributed by atoms with Gasteiger partial charge in [0.15, 0.2) is 0 Å². The number of hydrogen-bond acceptors (Lipinski definition) is 5. The Morgan fingerprint density at radius 2 is 2.33 bits per heavy atom. The van der Waals surface area contributed by atoms with Gasteiger partial charge in [-0.25, -0.2) is 4.98 Å². The number of aromatic nitrogens is 1. The summed E-state index contributed by atoms with van der Waals surface area (Å²) in [5, 5.41) is 17.8. The van der Waals surface area contributed by atoms with Crippen molar-refractivity contribution >= 4 is 5.91 Å². The third-order valence-electron chi connectivity index (χ3n) is 3.26. The summed E-state index contributed by atoms with van der Waals surface area (Å²) >= 11 is 0. The van der Waals surface area contributed by atoms with Gasteiger partial charge in [0.1, 0.15) is 12.3 Å². The minimum absolute atomic E-state index is 0.0593. The average Bonchev–Trinajstić information content (AvgIpc) is 2.53. The van der Waals surface area contributed by atoms with Gasteiger partial charge in [-0.15, -0.1) is 0 Å². The number of aliphatic hydroxyl groups is 2. The fourth-order valence-electron chi connectivity index (χ4n) is 2.09. The third-order valence-corrected chi connectivity index (χ3v) is 3.26. The first-order valence-electron chi connectivity index (χ1n) is 6.75. The smallest absolute Gasteiger partial charge is 0.272 e. The van der Waals surface area contributed by atoms with Crippen LogP contribution in [0.1, 0.15) is 23.0 Å². The molecule has 6 heteroatoms. The summed E-state index contributed by atoms with van der Waals surface area (Å²) in [4.78, 5) is 18.2. The van der Waals surface area contributed by atoms with Gasteiger partial charge in [0, 0.05) is 18.3 Å². The Hall–Kier alpha value is -1.94. The summed E-state index contributed by atoms with van der Waals surface area (Å²) in [5.74, 6) is 5.06. The molecule has 2 N–H and O–H groups in total. The summed E-state index contributed by atoms with van der Waals surface area (Å²) in [7, 11) is 0. The van der Waals surface area contributed by atoms with Gasteiger partial charge >= 0.3 is 0 Å². The van der Waals surface area contributed by atoms with Crippen molar-refractivity contribution in [2.24, 2.45) is 0 Å². The van der Waals surface area contributed by atoms with Crippen molar-refractivity contribution in [1.29, 1.82) is 0 Å². The predicted octanol–water partition coefficient (Wildman–Crippen LogP) is -0.353. The summed E-state index contributed by atoms with van der Waals surface area (Å²) in [6, 6.07) is 3.24. The molecule has 1 aliphatic rings. The first-order chi connectivity index (χ1) is 10.2. The molecule has 112 valence electrons. The zero-order chi connectivity index (χ0) is 15.2. The third kappa shape index (κ3) is 3.79. The van der Waals surface area contributed by atoms with E-state index in [-0.39, 0.29) is 31.3 Å². The van der Waals surface area contributed by atoms with Crippen LogP contribution in [0.25, 0.3) is 0 Å². The molecule has 0 saturated carbocycles. The number of carbonyl (C=O) groups excluding carboxylic acids is 1. The molecule has 1 aromatic rings. The van der Waals surface area contributed by atoms with Crippen LogP contribution in [0.5, 0.6) is 0 Å². The SMILES string of the molecule is CC1COC(CO)CN1C(=O)c1ccc(C#CCO)cn1. The van der Waals surface area contributed by atoms with Gasteiger partial charge in [-0.05, 0) is 19.1 Å². The molecule has 21 heavy (non-hydrogen) atoms. The summed E-state index contributed by atoms with van der Waals surface area (Å²) < 4.78 is 5.41. The fourth-order valence-corrected chi connectivity index (χ4v) is 2.09. The number of ether oxygens (including phenoxy) is 1. The Balaban J connectivity index is 2.11. The van der Waals surface area contributed by atoms with E-state index in [0.29, 0.717) is 24.4 Å². The molecule has 1 aliphatic heterocycles. The van der Waals surface area contributed by atoms with Crippen LogP contribution >= 0.6 is 0 Å². The van der Waals surface area contributed by atoms with E-state index in [0.717, 1.165) is 0 Å². The van der Waals surface area contributed by atoms with Crippen LogP contribution in [-0.2, 0) is 4.74 Å². The van der Waals surface area contributed by atoms with E-state index in [9.17, 15) is 4.79 Å². The van der Waals surface area contributed by atoms with Crippen molar-refractivity contribution in [2.75, 3.05) is 26.4 Å². The number of amides is 1. The number of rotatable bonds is 2. The van der Waals surface area contributed by atoms with Gasteiger partial charge in [0.2, 0.25) is 0 Å². The lowest BCUT2D eigenvalue weighted by Crippen LogP contribution is -2.52. The minimum Gasteiger partial charge on any atom is -0.394 e. The molecule has 0 radical (unpaired) electrons. The first-order valence-corrected chi connectivity index (χ1v) is 6.75. The van der Waals surface area contributed by atoms with Gasteiger partial charge < -0.3 is 19.8 Å². The Morgan fingerprint density at radius 1 is 1.52 bits per heavy atom. The van der Waals surface area contributed by atoms with E-state index in [1.54, 1.807) is 17.0 Å². The Labute approximate surface area is 123 Å². The van der Waals surface area contributed by atoms with Crippen molar-refractivity contribution in [3.8, 4) is 11.8 Å². The van der Waals surface area contributed by atoms with Crippen LogP contribution in [0.3, 0.4) is 0 Å². The highest BCUT2D eigenvalue weighted by Gasteiger charge is 2.30. The Bertz CT molecular complexity index is 547. The second-order valence-electron chi connectivity index (χ2n) is 4.84. The highest BCUT2D eigenvalue weighted by Crippen LogP contribution is 2.14. The molecule has 2 unspecified atom stereocenters. The first kappa shape index (κ1) is 15.4. The second kappa shape index (κ2) is 7.18. The van der Waals surface area contributed by atoms with E-state index in [2.05, 4.69) is 16.8 Å². The van der Waals surface area contributed by atoms with Crippen molar-refractivity contribution in [3.63, 3.8) is 0 Å². The molecule has 0 spiro atoms. The van der Waals surface area contributed by atoms with Crippen LogP contribution in [0.4, 0.5) is 0 Å². The van der Waals surface area contributed by atoms with E-state index in [1.165, 1.54) is 6.20 Å². The molecule has 1 amide bonds. The number of aliphatic hydroxyl groups excluding tert-OH is 2. The molecule has 1 saturated heterocycles. The molecule has 1 aromatic heterocycles. The molecule has 2 heterocycles. The van der Waals surface area contributed by atoms with Crippen LogP contribution in [0.2, 0.25) is 0 Å². The normalized spacial score (nSPS) is 21.6. The van der Waals surface area contributed by atoms with Crippen molar-refractivity contribution < 1.29 is 19.7 Å². The summed E-state index contributed by atoms with van der Waals surface area (Å²) in [6.07, 6.45) is 1.16. The molecule has 6 nitrogen and oxygen atoms in total. The lowest BCUT2D eigenvalue weighted by molar-refractivity contribution is -0.0668. The van der Waals surface area contributed by atoms with Crippen molar-refractivity contribution in [1.82, 2.24) is 9.88 Å². The quantitative estimate of drug-likeness (QED) is 0.727. The maximum Gasteiger partial charge on any atom is 0.272 e. The molecule has 0 aliphatic carbocycles. The minimum atomic E-state index is -0.347. The summed E-state index contributed by atoms with van der Waals surface area (Å²) in [5.41, 5.74) is 0.971. The maximum absolute atomic E-state index is 12.4. The average molecular weight is 290 g/mol. The summed E-state index contributed by atoms with van der Waals surface area (Å²) in [6.45, 7) is 2.32. The van der Waals surface area contributed by atoms with E-state index >= 15 is 0 Å². The van der Waals surface area contributed by atoms with Gasteiger partial charge in [-0.3, -0.25) is 4.79 Å². The highest BCUT2D eigenvalue weighted by atomic mass is 16.5. The largest absolute Gasteiger partial charge is 0.394 e. The maximum atomic E-state index is 12.4. The highest BCUT2D eigenvalue weighted by molar-refractivity contribution is 5.92. The zero-order valence-electron chi connectivity index (χ0n) is 11.8. The van der Waals surface area contributed by atoms with Crippen LogP contribution in [0, 0.1) is 11.8 Å². The zero-order valence-corrected chi connectivity index (χ0v) is 11.8. The molecule has 2 rings (SSSR count). The van der Waals surface area contributed by atoms with E-state index < -0.39 is 0 Å². The molecule has 0 bridgehead atoms. The molecule has 1 fully saturated rings. The molecular formula is C15H18N2O4. The van der Waals surface area contributed by atoms with Crippen LogP contribution in [-0.4, -0.2) is 64.5 Å². The predicted molar refractivity (Wildman–Crippen MR) is 75.5 cm³/mol. The van der Waals surface area contributed by atoms with Gasteiger partial charge in [0.05, 0.1) is 25.4 Å². The van der Waals surface area contributed by atoms with Gasteiger partial charge in [0.25, 0.3) is 5.91 Å². The molecule has 2 atom stereocenters. The fraction of sp³-hybridized carbons (Fsp3) is 0.467. The number of morpholine rings is 1. The van der Waals surface area contributed by atoms with Crippen LogP contribution < -0.4 is 0 Å². The second-order valence-corrected chi connectivity index (χ2v) is 4.84. The Kier molecular flexibility index (Phi) is 5.28. The Morgan fingerprint density at radius 3 is 2.95 bits per heavy atom. The standard InChI is InChI=1S/C15H18N2O4/c1-11-10-21-13(9-19)8-17(11)15(20)14-5-4-12(7-16-14)3-2-6-18/h4-5,7,11,13,18-19H,6,8-10H2,1H3. The van der Waals surface area contributed by atoms with Gasteiger partial charge in [-0.2, -0.15) is 0 Å². The number of pyridine rings is 1. The van der Waals surface area contributed by atoms with E-state index in [1.807, 2.05) is 6.92 Å². The monoisotopic (exact) mass is 290 g/mol. The van der Waals surface area contributed by atoms with Crippen molar-refractivity contribution in [3.05, 3.63) is 29.6 Å². The van der Waals surface area contributed by atoms with Gasteiger partial charge in [-0.1, -0.05) is 11.8 Å². The number of carbonyl (C=O) groups is 1. The van der Waals surface area contributed by atoms with Crippen molar-refractivity contribution in [2.45, 2.75) is 19.1 Å². The lowest BCUT2D eigenvalue weighted by atomic mass is 10.1. The number of nitrogens with zero attached hydrogens (tertiary/aromatic N) is 2. The van der Waals surface area contributed by atoms with E-state index in [4.69, 9.17) is 14.9 Å². The molecular weight excluding hydrogens is 272 g/mol. The number of hydrogen-bond donors (Lipinski definition) is 2. The molecule has 0 aromatic carbocycles. The lowest BCUT2D eigenvalue weighted by Gasteiger charge is -2.37. The van der Waals surface area contributed by atoms with Crippen LogP contribution in [0.15, 0.2) is 18.3 Å². The topological polar surface area (TPSA) is 82.9 Å².